The van der Waals surface area contributed by atoms with Crippen LogP contribution >= 0.6 is 14.3 Å². The maximum absolute atomic E-state index is 14.5. The molecule has 31 heavy (non-hydrogen) atoms. The fourth-order valence-corrected chi connectivity index (χ4v) is 10.1. The minimum atomic E-state index is -3.47. The summed E-state index contributed by atoms with van der Waals surface area (Å²) in [6.07, 6.45) is -0.109. The van der Waals surface area contributed by atoms with Crippen LogP contribution in [0.25, 0.3) is 0 Å². The molecule has 0 aromatic heterocycles. The molecule has 0 amide bonds. The van der Waals surface area contributed by atoms with Gasteiger partial charge in [-0.15, -0.1) is 0 Å². The largest absolute Gasteiger partial charge is 0.384 e. The fourth-order valence-electron chi connectivity index (χ4n) is 3.83. The summed E-state index contributed by atoms with van der Waals surface area (Å²) in [7, 11) is -6.71. The van der Waals surface area contributed by atoms with Gasteiger partial charge >= 0.3 is 0 Å². The van der Waals surface area contributed by atoms with E-state index in [-0.39, 0.29) is 6.16 Å². The summed E-state index contributed by atoms with van der Waals surface area (Å²) in [6.45, 7) is 0. The van der Waals surface area contributed by atoms with Crippen LogP contribution < -0.4 is 21.2 Å². The molecular weight excluding hydrogens is 422 g/mol. The SMILES string of the molecule is O=P(CC(O)P(=O)(c1ccccc1)c1ccccc1)(c1ccccc1)c1ccccc1. The van der Waals surface area contributed by atoms with E-state index in [1.54, 1.807) is 24.3 Å². The van der Waals surface area contributed by atoms with E-state index in [9.17, 15) is 14.2 Å². The summed E-state index contributed by atoms with van der Waals surface area (Å²) >= 11 is 0. The lowest BCUT2D eigenvalue weighted by molar-refractivity contribution is 0.272. The Balaban J connectivity index is 1.84. The number of rotatable bonds is 7. The number of aliphatic hydroxyl groups is 1. The summed E-state index contributed by atoms with van der Waals surface area (Å²) in [5.41, 5.74) is 0. The second-order valence-electron chi connectivity index (χ2n) is 7.40. The molecule has 1 unspecified atom stereocenters. The summed E-state index contributed by atoms with van der Waals surface area (Å²) in [5, 5.41) is 13.9. The summed E-state index contributed by atoms with van der Waals surface area (Å²) < 4.78 is 28.9. The van der Waals surface area contributed by atoms with Crippen molar-refractivity contribution in [3.63, 3.8) is 0 Å². The first-order valence-electron chi connectivity index (χ1n) is 10.1. The molecule has 1 atom stereocenters. The van der Waals surface area contributed by atoms with Crippen LogP contribution in [0.3, 0.4) is 0 Å². The molecule has 5 heteroatoms. The second kappa shape index (κ2) is 9.20. The maximum atomic E-state index is 14.5. The molecule has 0 saturated carbocycles. The predicted octanol–water partition coefficient (Wildman–Crippen LogP) is 4.33. The Labute approximate surface area is 183 Å². The van der Waals surface area contributed by atoms with Crippen LogP contribution in [0, 0.1) is 0 Å². The lowest BCUT2D eigenvalue weighted by Gasteiger charge is -2.29. The number of hydrogen-bond donors (Lipinski definition) is 1. The average Bonchev–Trinajstić information content (AvgIpc) is 2.85. The molecule has 156 valence electrons. The highest BCUT2D eigenvalue weighted by molar-refractivity contribution is 7.82. The highest BCUT2D eigenvalue weighted by Gasteiger charge is 2.41. The third kappa shape index (κ3) is 4.23. The molecule has 4 rings (SSSR count). The second-order valence-corrected chi connectivity index (χ2v) is 13.2. The summed E-state index contributed by atoms with van der Waals surface area (Å²) in [6, 6.07) is 36.4. The smallest absolute Gasteiger partial charge is 0.170 e. The van der Waals surface area contributed by atoms with Crippen molar-refractivity contribution in [1.82, 2.24) is 0 Å². The zero-order valence-electron chi connectivity index (χ0n) is 17.0. The van der Waals surface area contributed by atoms with Gasteiger partial charge < -0.3 is 14.2 Å². The van der Waals surface area contributed by atoms with Crippen LogP contribution in [0.15, 0.2) is 121 Å². The first-order valence-corrected chi connectivity index (χ1v) is 13.8. The van der Waals surface area contributed by atoms with E-state index in [0.29, 0.717) is 21.2 Å². The predicted molar refractivity (Wildman–Crippen MR) is 130 cm³/mol. The zero-order chi connectivity index (χ0) is 21.7. The molecule has 0 spiro atoms. The lowest BCUT2D eigenvalue weighted by Crippen LogP contribution is -2.31. The Morgan fingerprint density at radius 2 is 0.806 bits per heavy atom. The first kappa shape index (κ1) is 21.5. The van der Waals surface area contributed by atoms with Crippen molar-refractivity contribution in [1.29, 1.82) is 0 Å². The lowest BCUT2D eigenvalue weighted by atomic mass is 10.4. The monoisotopic (exact) mass is 446 g/mol. The molecule has 0 heterocycles. The van der Waals surface area contributed by atoms with Crippen LogP contribution in [0.4, 0.5) is 0 Å². The van der Waals surface area contributed by atoms with E-state index >= 15 is 0 Å². The maximum Gasteiger partial charge on any atom is 0.170 e. The van der Waals surface area contributed by atoms with Crippen LogP contribution in [-0.2, 0) is 9.13 Å². The Kier molecular flexibility index (Phi) is 6.39. The molecular formula is C26H24O3P2. The van der Waals surface area contributed by atoms with Crippen LogP contribution in [0.1, 0.15) is 0 Å². The number of benzene rings is 4. The standard InChI is InChI=1S/C26H24O3P2/c27-26(31(29,24-17-9-3-10-18-24)25-19-11-4-12-20-25)21-30(28,22-13-5-1-6-14-22)23-15-7-2-8-16-23/h1-20,26-27H,21H2. The van der Waals surface area contributed by atoms with E-state index in [0.717, 1.165) is 0 Å². The van der Waals surface area contributed by atoms with Gasteiger partial charge in [-0.3, -0.25) is 0 Å². The van der Waals surface area contributed by atoms with Gasteiger partial charge in [-0.1, -0.05) is 121 Å². The first-order chi connectivity index (χ1) is 15.0. The van der Waals surface area contributed by atoms with Crippen molar-refractivity contribution in [2.75, 3.05) is 6.16 Å². The molecule has 1 N–H and O–H groups in total. The highest BCUT2D eigenvalue weighted by atomic mass is 31.2. The Bertz CT molecular complexity index is 1120. The van der Waals surface area contributed by atoms with Gasteiger partial charge in [0.15, 0.2) is 7.14 Å². The third-order valence-corrected chi connectivity index (χ3v) is 12.0. The van der Waals surface area contributed by atoms with Crippen molar-refractivity contribution < 1.29 is 14.2 Å². The van der Waals surface area contributed by atoms with Gasteiger partial charge in [-0.2, -0.15) is 0 Å². The molecule has 3 nitrogen and oxygen atoms in total. The van der Waals surface area contributed by atoms with Gasteiger partial charge in [0.1, 0.15) is 13.0 Å². The topological polar surface area (TPSA) is 54.4 Å². The Morgan fingerprint density at radius 1 is 0.516 bits per heavy atom. The molecule has 0 aliphatic heterocycles. The van der Waals surface area contributed by atoms with E-state index in [2.05, 4.69) is 0 Å². The van der Waals surface area contributed by atoms with Crippen LogP contribution in [0.2, 0.25) is 0 Å². The Hall–Kier alpha value is -2.70. The van der Waals surface area contributed by atoms with Gasteiger partial charge in [-0.25, -0.2) is 0 Å². The quantitative estimate of drug-likeness (QED) is 0.430. The van der Waals surface area contributed by atoms with E-state index in [1.165, 1.54) is 0 Å². The van der Waals surface area contributed by atoms with E-state index in [4.69, 9.17) is 0 Å². The summed E-state index contributed by atoms with van der Waals surface area (Å²) in [4.78, 5) is 0. The van der Waals surface area contributed by atoms with Gasteiger partial charge in [-0.05, 0) is 0 Å². The molecule has 4 aromatic carbocycles. The fraction of sp³-hybridized carbons (Fsp3) is 0.0769. The normalized spacial score (nSPS) is 12.9. The summed E-state index contributed by atoms with van der Waals surface area (Å²) in [5.74, 6) is -1.30. The van der Waals surface area contributed by atoms with Gasteiger partial charge in [0.2, 0.25) is 0 Å². The van der Waals surface area contributed by atoms with Crippen molar-refractivity contribution in [3.05, 3.63) is 121 Å². The molecule has 0 aliphatic rings. The molecule has 0 saturated heterocycles. The van der Waals surface area contributed by atoms with Crippen LogP contribution in [-0.4, -0.2) is 17.1 Å². The molecule has 0 bridgehead atoms. The van der Waals surface area contributed by atoms with E-state index in [1.807, 2.05) is 97.1 Å². The number of aliphatic hydroxyl groups excluding tert-OH is 1. The van der Waals surface area contributed by atoms with Crippen molar-refractivity contribution in [2.24, 2.45) is 0 Å². The minimum absolute atomic E-state index is 0.109. The zero-order valence-corrected chi connectivity index (χ0v) is 18.8. The molecule has 4 aromatic rings. The average molecular weight is 446 g/mol. The number of hydrogen-bond acceptors (Lipinski definition) is 3. The van der Waals surface area contributed by atoms with Gasteiger partial charge in [0, 0.05) is 27.4 Å². The molecule has 0 fully saturated rings. The Morgan fingerprint density at radius 3 is 1.13 bits per heavy atom. The minimum Gasteiger partial charge on any atom is -0.384 e. The highest BCUT2D eigenvalue weighted by Crippen LogP contribution is 2.54. The third-order valence-electron chi connectivity index (χ3n) is 5.47. The van der Waals surface area contributed by atoms with Crippen molar-refractivity contribution >= 4 is 35.5 Å². The van der Waals surface area contributed by atoms with E-state index < -0.39 is 20.1 Å². The van der Waals surface area contributed by atoms with Crippen molar-refractivity contribution in [3.8, 4) is 0 Å². The van der Waals surface area contributed by atoms with Crippen molar-refractivity contribution in [2.45, 2.75) is 5.85 Å². The van der Waals surface area contributed by atoms with Gasteiger partial charge in [0.25, 0.3) is 0 Å². The molecule has 0 aliphatic carbocycles. The molecule has 0 radical (unpaired) electrons. The van der Waals surface area contributed by atoms with Crippen LogP contribution in [0.5, 0.6) is 0 Å². The van der Waals surface area contributed by atoms with Gasteiger partial charge in [0.05, 0.1) is 0 Å².